The number of fused-ring (bicyclic) bond motifs is 3. The molecule has 6 heterocycles. The average molecular weight is 636 g/mol. The summed E-state index contributed by atoms with van der Waals surface area (Å²) in [6.45, 7) is 5.36. The van der Waals surface area contributed by atoms with E-state index in [1.165, 1.54) is 0 Å². The molecule has 2 aliphatic rings. The highest BCUT2D eigenvalue weighted by Crippen LogP contribution is 2.35. The van der Waals surface area contributed by atoms with Crippen LogP contribution in [0.1, 0.15) is 84.2 Å². The minimum Gasteiger partial charge on any atom is -0.494 e. The summed E-state index contributed by atoms with van der Waals surface area (Å²) in [6, 6.07) is 9.37. The SMILES string of the molecule is COc1cc(C(=O)N2CCC[C@@H](N)[C@H]2C)cc2nc(-c3cc4ccc5nc4n3CCCCCc3nccnc3C(=O)N[C@@H]5C)n(C)c12. The third-order valence-corrected chi connectivity index (χ3v) is 9.78. The standard InChI is InChI=1S/C35H41N9O3/c1-20-25-12-11-22-18-28(44(32(22)40-25)15-7-5-6-10-26-30(34(45)39-20)38-14-13-37-26)33-41-27-17-23(19-29(47-4)31(27)42(33)3)35(46)43-16-8-9-24(36)21(43)2/h11-14,17-21,24H,5-10,15-16,36H2,1-4H3,(H,39,45)/t20-,21-,24-/m1/s1. The molecule has 5 aromatic rings. The molecule has 3 N–H and O–H groups in total. The van der Waals surface area contributed by atoms with Gasteiger partial charge in [0.15, 0.2) is 5.82 Å². The lowest BCUT2D eigenvalue weighted by Gasteiger charge is -2.37. The van der Waals surface area contributed by atoms with Crippen molar-refractivity contribution in [2.75, 3.05) is 13.7 Å². The Kier molecular flexibility index (Phi) is 8.13. The summed E-state index contributed by atoms with van der Waals surface area (Å²) in [5.74, 6) is 1.03. The molecule has 0 saturated carbocycles. The molecule has 12 heteroatoms. The highest BCUT2D eigenvalue weighted by molar-refractivity contribution is 6.00. The quantitative estimate of drug-likeness (QED) is 0.294. The van der Waals surface area contributed by atoms with Crippen molar-refractivity contribution in [3.05, 3.63) is 65.4 Å². The molecule has 0 unspecified atom stereocenters. The molecule has 0 aliphatic carbocycles. The Morgan fingerprint density at radius 1 is 1.02 bits per heavy atom. The predicted molar refractivity (Wildman–Crippen MR) is 179 cm³/mol. The van der Waals surface area contributed by atoms with Crippen molar-refractivity contribution in [3.63, 3.8) is 0 Å². The monoisotopic (exact) mass is 635 g/mol. The van der Waals surface area contributed by atoms with E-state index in [0.717, 1.165) is 72.4 Å². The summed E-state index contributed by atoms with van der Waals surface area (Å²) in [7, 11) is 3.60. The summed E-state index contributed by atoms with van der Waals surface area (Å²) in [4.78, 5) is 47.8. The van der Waals surface area contributed by atoms with Gasteiger partial charge in [0.2, 0.25) is 0 Å². The van der Waals surface area contributed by atoms with Gasteiger partial charge in [0.05, 0.1) is 35.8 Å². The van der Waals surface area contributed by atoms with Gasteiger partial charge in [0, 0.05) is 55.6 Å². The van der Waals surface area contributed by atoms with Crippen LogP contribution in [0.2, 0.25) is 0 Å². The van der Waals surface area contributed by atoms with Crippen LogP contribution in [0, 0.1) is 0 Å². The second kappa shape index (κ2) is 12.4. The van der Waals surface area contributed by atoms with E-state index in [2.05, 4.69) is 25.9 Å². The number of nitrogens with one attached hydrogen (secondary N) is 1. The summed E-state index contributed by atoms with van der Waals surface area (Å²) in [6.07, 6.45) is 8.40. The summed E-state index contributed by atoms with van der Waals surface area (Å²) in [5.41, 5.74) is 11.9. The number of aromatic nitrogens is 6. The van der Waals surface area contributed by atoms with E-state index in [4.69, 9.17) is 20.4 Å². The average Bonchev–Trinajstić information content (AvgIpc) is 3.61. The van der Waals surface area contributed by atoms with Crippen LogP contribution in [-0.2, 0) is 20.0 Å². The van der Waals surface area contributed by atoms with Gasteiger partial charge in [-0.15, -0.1) is 0 Å². The molecule has 12 nitrogen and oxygen atoms in total. The van der Waals surface area contributed by atoms with Crippen LogP contribution in [-0.4, -0.2) is 71.5 Å². The van der Waals surface area contributed by atoms with E-state index in [0.29, 0.717) is 41.2 Å². The number of carbonyl (C=O) groups is 2. The van der Waals surface area contributed by atoms with Gasteiger partial charge in [-0.2, -0.15) is 0 Å². The maximum atomic E-state index is 13.7. The van der Waals surface area contributed by atoms with Gasteiger partial charge in [-0.3, -0.25) is 14.6 Å². The Labute approximate surface area is 273 Å². The van der Waals surface area contributed by atoms with Crippen LogP contribution in [0.4, 0.5) is 0 Å². The second-order valence-electron chi connectivity index (χ2n) is 12.8. The van der Waals surface area contributed by atoms with E-state index >= 15 is 0 Å². The lowest BCUT2D eigenvalue weighted by atomic mass is 9.97. The smallest absolute Gasteiger partial charge is 0.272 e. The molecule has 1 saturated heterocycles. The van der Waals surface area contributed by atoms with Crippen molar-refractivity contribution in [2.24, 2.45) is 12.8 Å². The van der Waals surface area contributed by atoms with Gasteiger partial charge >= 0.3 is 0 Å². The van der Waals surface area contributed by atoms with Gasteiger partial charge in [0.1, 0.15) is 22.6 Å². The molecule has 2 amide bonds. The molecule has 7 rings (SSSR count). The van der Waals surface area contributed by atoms with Crippen LogP contribution in [0.15, 0.2) is 42.7 Å². The Hall–Kier alpha value is -4.84. The molecule has 2 bridgehead atoms. The van der Waals surface area contributed by atoms with E-state index in [9.17, 15) is 9.59 Å². The minimum absolute atomic E-state index is 0.0394. The number of hydrogen-bond acceptors (Lipinski definition) is 8. The van der Waals surface area contributed by atoms with Gasteiger partial charge < -0.3 is 29.8 Å². The first-order valence-corrected chi connectivity index (χ1v) is 16.5. The van der Waals surface area contributed by atoms with Crippen molar-refractivity contribution in [1.82, 2.24) is 39.3 Å². The number of hydrogen-bond donors (Lipinski definition) is 2. The van der Waals surface area contributed by atoms with Crippen LogP contribution in [0.25, 0.3) is 33.6 Å². The van der Waals surface area contributed by atoms with Crippen molar-refractivity contribution in [2.45, 2.75) is 77.0 Å². The van der Waals surface area contributed by atoms with Gasteiger partial charge in [-0.1, -0.05) is 6.42 Å². The fraction of sp³-hybridized carbons (Fsp3) is 0.429. The maximum Gasteiger partial charge on any atom is 0.272 e. The van der Waals surface area contributed by atoms with E-state index < -0.39 is 0 Å². The lowest BCUT2D eigenvalue weighted by Crippen LogP contribution is -2.52. The van der Waals surface area contributed by atoms with E-state index in [-0.39, 0.29) is 29.9 Å². The number of nitrogens with two attached hydrogens (primary N) is 1. The van der Waals surface area contributed by atoms with Gasteiger partial charge in [-0.05, 0) is 76.3 Å². The number of nitrogens with zero attached hydrogens (tertiary/aromatic N) is 7. The first-order valence-electron chi connectivity index (χ1n) is 16.5. The zero-order chi connectivity index (χ0) is 32.8. The molecule has 3 atom stereocenters. The van der Waals surface area contributed by atoms with Crippen molar-refractivity contribution in [3.8, 4) is 17.3 Å². The minimum atomic E-state index is -0.343. The largest absolute Gasteiger partial charge is 0.494 e. The maximum absolute atomic E-state index is 13.7. The third-order valence-electron chi connectivity index (χ3n) is 9.78. The van der Waals surface area contributed by atoms with Crippen molar-refractivity contribution >= 4 is 33.9 Å². The number of benzene rings is 1. The predicted octanol–water partition coefficient (Wildman–Crippen LogP) is 4.56. The number of imidazole rings is 1. The number of piperidine rings is 1. The van der Waals surface area contributed by atoms with E-state index in [1.807, 2.05) is 54.6 Å². The molecule has 244 valence electrons. The first-order chi connectivity index (χ1) is 22.7. The molecule has 47 heavy (non-hydrogen) atoms. The molecule has 0 radical (unpaired) electrons. The molecular formula is C35H41N9O3. The van der Waals surface area contributed by atoms with Crippen LogP contribution in [0.3, 0.4) is 0 Å². The zero-order valence-corrected chi connectivity index (χ0v) is 27.4. The molecule has 1 aromatic carbocycles. The highest BCUT2D eigenvalue weighted by Gasteiger charge is 2.31. The second-order valence-corrected chi connectivity index (χ2v) is 12.8. The van der Waals surface area contributed by atoms with Gasteiger partial charge in [-0.25, -0.2) is 15.0 Å². The number of amides is 2. The van der Waals surface area contributed by atoms with Gasteiger partial charge in [0.25, 0.3) is 11.8 Å². The number of methoxy groups -OCH3 is 1. The summed E-state index contributed by atoms with van der Waals surface area (Å²) in [5, 5.41) is 4.05. The van der Waals surface area contributed by atoms with Crippen molar-refractivity contribution in [1.29, 1.82) is 0 Å². The Bertz CT molecular complexity index is 2000. The fourth-order valence-electron chi connectivity index (χ4n) is 7.06. The number of likely N-dealkylation sites (tertiary alicyclic amines) is 1. The Morgan fingerprint density at radius 3 is 2.68 bits per heavy atom. The van der Waals surface area contributed by atoms with Crippen molar-refractivity contribution < 1.29 is 14.3 Å². The number of carbonyl (C=O) groups excluding carboxylic acids is 2. The van der Waals surface area contributed by atoms with Crippen LogP contribution < -0.4 is 15.8 Å². The first kappa shape index (κ1) is 30.8. The lowest BCUT2D eigenvalue weighted by molar-refractivity contribution is 0.0604. The summed E-state index contributed by atoms with van der Waals surface area (Å²) < 4.78 is 10.1. The number of rotatable bonds is 3. The number of aryl methyl sites for hydroxylation is 3. The third kappa shape index (κ3) is 5.50. The number of ether oxygens (including phenoxy) is 1. The Morgan fingerprint density at radius 2 is 1.85 bits per heavy atom. The normalized spacial score (nSPS) is 20.7. The molecule has 4 aromatic heterocycles. The van der Waals surface area contributed by atoms with Crippen LogP contribution >= 0.6 is 0 Å². The molecule has 1 fully saturated rings. The summed E-state index contributed by atoms with van der Waals surface area (Å²) >= 11 is 0. The fourth-order valence-corrected chi connectivity index (χ4v) is 7.06. The molecule has 0 spiro atoms. The topological polar surface area (TPSA) is 146 Å². The molecular weight excluding hydrogens is 594 g/mol. The molecule has 2 aliphatic heterocycles. The Balaban J connectivity index is 1.30. The number of pyridine rings is 1. The zero-order valence-electron chi connectivity index (χ0n) is 27.4. The highest BCUT2D eigenvalue weighted by atomic mass is 16.5. The van der Waals surface area contributed by atoms with E-state index in [1.54, 1.807) is 19.5 Å². The van der Waals surface area contributed by atoms with Crippen LogP contribution in [0.5, 0.6) is 5.75 Å².